The molecule has 1 heterocycles. The Kier molecular flexibility index (Phi) is 6.02. The largest absolute Gasteiger partial charge is 0.452 e. The average Bonchev–Trinajstić information content (AvgIpc) is 3.01. The number of rotatable bonds is 5. The lowest BCUT2D eigenvalue weighted by atomic mass is 10.1. The third-order valence-electron chi connectivity index (χ3n) is 4.06. The van der Waals surface area contributed by atoms with Gasteiger partial charge in [0, 0.05) is 16.3 Å². The van der Waals surface area contributed by atoms with Crippen LogP contribution in [0.25, 0.3) is 11.4 Å². The van der Waals surface area contributed by atoms with Crippen LogP contribution in [-0.2, 0) is 9.53 Å². The van der Waals surface area contributed by atoms with Crippen LogP contribution in [-0.4, -0.2) is 28.5 Å². The van der Waals surface area contributed by atoms with Gasteiger partial charge in [0.1, 0.15) is 5.82 Å². The van der Waals surface area contributed by atoms with Crippen molar-refractivity contribution in [2.24, 2.45) is 0 Å². The number of esters is 1. The Morgan fingerprint density at radius 1 is 1.11 bits per heavy atom. The Morgan fingerprint density at radius 2 is 1.82 bits per heavy atom. The number of benzene rings is 2. The SMILES string of the molecule is Cc1nc(-c2ccc(C(=O)OCC(=O)Nc3ccc(Cl)cc3Cl)cc2)[nH]c1C. The molecule has 0 unspecified atom stereocenters. The van der Waals surface area contributed by atoms with Crippen LogP contribution in [0.5, 0.6) is 0 Å². The maximum Gasteiger partial charge on any atom is 0.338 e. The molecule has 0 bridgehead atoms. The van der Waals surface area contributed by atoms with Gasteiger partial charge in [-0.2, -0.15) is 0 Å². The number of H-pyrrole nitrogens is 1. The second-order valence-electron chi connectivity index (χ2n) is 6.12. The van der Waals surface area contributed by atoms with E-state index in [1.165, 1.54) is 6.07 Å². The van der Waals surface area contributed by atoms with Gasteiger partial charge in [0.2, 0.25) is 0 Å². The number of anilines is 1. The molecular formula is C20H17Cl2N3O3. The van der Waals surface area contributed by atoms with E-state index < -0.39 is 18.5 Å². The summed E-state index contributed by atoms with van der Waals surface area (Å²) < 4.78 is 5.05. The Labute approximate surface area is 171 Å². The van der Waals surface area contributed by atoms with Crippen molar-refractivity contribution >= 4 is 40.8 Å². The lowest BCUT2D eigenvalue weighted by Crippen LogP contribution is -2.21. The van der Waals surface area contributed by atoms with Crippen molar-refractivity contribution in [1.82, 2.24) is 9.97 Å². The third-order valence-corrected chi connectivity index (χ3v) is 4.61. The molecule has 2 aromatic carbocycles. The van der Waals surface area contributed by atoms with Crippen molar-refractivity contribution in [3.05, 3.63) is 69.5 Å². The summed E-state index contributed by atoms with van der Waals surface area (Å²) in [6.45, 7) is 3.43. The van der Waals surface area contributed by atoms with E-state index in [0.717, 1.165) is 22.8 Å². The normalized spacial score (nSPS) is 10.6. The Hall–Kier alpha value is -2.83. The summed E-state index contributed by atoms with van der Waals surface area (Å²) in [6, 6.07) is 11.5. The van der Waals surface area contributed by atoms with Gasteiger partial charge in [-0.3, -0.25) is 4.79 Å². The summed E-state index contributed by atoms with van der Waals surface area (Å²) in [5, 5.41) is 3.32. The molecule has 0 radical (unpaired) electrons. The molecule has 0 aliphatic carbocycles. The zero-order chi connectivity index (χ0) is 20.3. The molecule has 0 aliphatic rings. The zero-order valence-electron chi connectivity index (χ0n) is 15.2. The third kappa shape index (κ3) is 4.71. The number of halogens is 2. The molecule has 1 amide bonds. The van der Waals surface area contributed by atoms with Gasteiger partial charge in [-0.15, -0.1) is 0 Å². The topological polar surface area (TPSA) is 84.1 Å². The molecule has 6 nitrogen and oxygen atoms in total. The Balaban J connectivity index is 1.57. The minimum Gasteiger partial charge on any atom is -0.452 e. The van der Waals surface area contributed by atoms with Gasteiger partial charge >= 0.3 is 5.97 Å². The molecule has 3 aromatic rings. The zero-order valence-corrected chi connectivity index (χ0v) is 16.7. The maximum atomic E-state index is 12.2. The minimum atomic E-state index is -0.601. The molecule has 0 saturated heterocycles. The number of nitrogens with one attached hydrogen (secondary N) is 2. The first-order chi connectivity index (χ1) is 13.3. The van der Waals surface area contributed by atoms with E-state index in [1.54, 1.807) is 36.4 Å². The van der Waals surface area contributed by atoms with Gasteiger partial charge in [0.25, 0.3) is 5.91 Å². The molecule has 0 aliphatic heterocycles. The van der Waals surface area contributed by atoms with Crippen LogP contribution in [0.3, 0.4) is 0 Å². The molecular weight excluding hydrogens is 401 g/mol. The summed E-state index contributed by atoms with van der Waals surface area (Å²) in [5.41, 5.74) is 3.49. The van der Waals surface area contributed by atoms with Crippen molar-refractivity contribution in [3.8, 4) is 11.4 Å². The summed E-state index contributed by atoms with van der Waals surface area (Å²) in [7, 11) is 0. The highest BCUT2D eigenvalue weighted by Crippen LogP contribution is 2.25. The highest BCUT2D eigenvalue weighted by molar-refractivity contribution is 6.36. The van der Waals surface area contributed by atoms with Gasteiger partial charge < -0.3 is 15.0 Å². The number of aromatic nitrogens is 2. The summed E-state index contributed by atoms with van der Waals surface area (Å²) >= 11 is 11.8. The van der Waals surface area contributed by atoms with Gasteiger partial charge in [0.05, 0.1) is 22.0 Å². The lowest BCUT2D eigenvalue weighted by molar-refractivity contribution is -0.119. The lowest BCUT2D eigenvalue weighted by Gasteiger charge is -2.08. The van der Waals surface area contributed by atoms with E-state index in [9.17, 15) is 9.59 Å². The first-order valence-electron chi connectivity index (χ1n) is 8.39. The molecule has 3 rings (SSSR count). The molecule has 0 spiro atoms. The van der Waals surface area contributed by atoms with Crippen molar-refractivity contribution in [3.63, 3.8) is 0 Å². The van der Waals surface area contributed by atoms with Crippen LogP contribution in [0.15, 0.2) is 42.5 Å². The molecule has 1 aromatic heterocycles. The number of imidazole rings is 1. The van der Waals surface area contributed by atoms with Gasteiger partial charge in [0.15, 0.2) is 6.61 Å². The molecule has 2 N–H and O–H groups in total. The predicted octanol–water partition coefficient (Wildman–Crippen LogP) is 4.80. The molecule has 0 saturated carbocycles. The minimum absolute atomic E-state index is 0.297. The van der Waals surface area contributed by atoms with Gasteiger partial charge in [-0.25, -0.2) is 9.78 Å². The number of aryl methyl sites for hydroxylation is 2. The van der Waals surface area contributed by atoms with E-state index in [0.29, 0.717) is 21.3 Å². The Morgan fingerprint density at radius 3 is 2.43 bits per heavy atom. The van der Waals surface area contributed by atoms with Crippen molar-refractivity contribution in [2.45, 2.75) is 13.8 Å². The van der Waals surface area contributed by atoms with Crippen LogP contribution in [0.4, 0.5) is 5.69 Å². The molecule has 144 valence electrons. The van der Waals surface area contributed by atoms with E-state index >= 15 is 0 Å². The number of nitrogens with zero attached hydrogens (tertiary/aromatic N) is 1. The molecule has 8 heteroatoms. The van der Waals surface area contributed by atoms with Crippen LogP contribution < -0.4 is 5.32 Å². The monoisotopic (exact) mass is 417 g/mol. The highest BCUT2D eigenvalue weighted by Gasteiger charge is 2.13. The van der Waals surface area contributed by atoms with Crippen LogP contribution in [0.1, 0.15) is 21.7 Å². The number of carbonyl (C=O) groups excluding carboxylic acids is 2. The molecule has 0 fully saturated rings. The second kappa shape index (κ2) is 8.46. The van der Waals surface area contributed by atoms with E-state index in [1.807, 2.05) is 13.8 Å². The van der Waals surface area contributed by atoms with Crippen molar-refractivity contribution in [2.75, 3.05) is 11.9 Å². The van der Waals surface area contributed by atoms with Crippen LogP contribution >= 0.6 is 23.2 Å². The first kappa shape index (κ1) is 19.9. The van der Waals surface area contributed by atoms with Crippen molar-refractivity contribution in [1.29, 1.82) is 0 Å². The second-order valence-corrected chi connectivity index (χ2v) is 6.97. The van der Waals surface area contributed by atoms with Crippen LogP contribution in [0, 0.1) is 13.8 Å². The smallest absolute Gasteiger partial charge is 0.338 e. The standard InChI is InChI=1S/C20H17Cl2N3O3/c1-11-12(2)24-19(23-11)13-3-5-14(6-4-13)20(27)28-10-18(26)25-17-8-7-15(21)9-16(17)22/h3-9H,10H2,1-2H3,(H,23,24)(H,25,26). The predicted molar refractivity (Wildman–Crippen MR) is 109 cm³/mol. The van der Waals surface area contributed by atoms with Crippen molar-refractivity contribution < 1.29 is 14.3 Å². The number of ether oxygens (including phenoxy) is 1. The summed E-state index contributed by atoms with van der Waals surface area (Å²) in [5.74, 6) is -0.374. The first-order valence-corrected chi connectivity index (χ1v) is 9.15. The quantitative estimate of drug-likeness (QED) is 0.584. The number of amides is 1. The van der Waals surface area contributed by atoms with Gasteiger partial charge in [-0.05, 0) is 44.2 Å². The number of hydrogen-bond donors (Lipinski definition) is 2. The average molecular weight is 418 g/mol. The Bertz CT molecular complexity index is 1010. The fraction of sp³-hybridized carbons (Fsp3) is 0.150. The van der Waals surface area contributed by atoms with E-state index in [-0.39, 0.29) is 0 Å². The van der Waals surface area contributed by atoms with E-state index in [4.69, 9.17) is 27.9 Å². The fourth-order valence-electron chi connectivity index (χ4n) is 2.44. The summed E-state index contributed by atoms with van der Waals surface area (Å²) in [6.07, 6.45) is 0. The maximum absolute atomic E-state index is 12.2. The number of carbonyl (C=O) groups is 2. The number of hydrogen-bond acceptors (Lipinski definition) is 4. The fourth-order valence-corrected chi connectivity index (χ4v) is 2.90. The van der Waals surface area contributed by atoms with Gasteiger partial charge in [-0.1, -0.05) is 35.3 Å². The summed E-state index contributed by atoms with van der Waals surface area (Å²) in [4.78, 5) is 31.7. The molecule has 28 heavy (non-hydrogen) atoms. The van der Waals surface area contributed by atoms with E-state index in [2.05, 4.69) is 15.3 Å². The highest BCUT2D eigenvalue weighted by atomic mass is 35.5. The van der Waals surface area contributed by atoms with Crippen LogP contribution in [0.2, 0.25) is 10.0 Å². The molecule has 0 atom stereocenters. The number of aromatic amines is 1.